The van der Waals surface area contributed by atoms with E-state index in [9.17, 15) is 19.4 Å². The number of phosphoric acid groups is 1. The molecule has 0 aliphatic rings. The summed E-state index contributed by atoms with van der Waals surface area (Å²) in [6.45, 7) is 4.59. The molecule has 2 N–H and O–H groups in total. The fraction of sp³-hybridized carbons (Fsp3) is 0.788. The predicted octanol–water partition coefficient (Wildman–Crippen LogP) is 14.0. The highest BCUT2D eigenvalue weighted by Gasteiger charge is 2.23. The lowest BCUT2D eigenvalue weighted by atomic mass is 10.0. The molecule has 61 heavy (non-hydrogen) atoms. The molecule has 0 aromatic rings. The molecule has 0 bridgehead atoms. The molecule has 0 radical (unpaired) electrons. The summed E-state index contributed by atoms with van der Waals surface area (Å²) in [4.78, 5) is 25.4. The zero-order valence-corrected chi connectivity index (χ0v) is 41.2. The van der Waals surface area contributed by atoms with Crippen LogP contribution in [0.2, 0.25) is 0 Å². The van der Waals surface area contributed by atoms with Crippen molar-refractivity contribution in [1.82, 2.24) is 5.32 Å². The molecule has 9 heteroatoms. The van der Waals surface area contributed by atoms with Crippen LogP contribution < -0.4 is 10.2 Å². The molecule has 0 aromatic heterocycles. The van der Waals surface area contributed by atoms with Crippen molar-refractivity contribution in [3.8, 4) is 0 Å². The van der Waals surface area contributed by atoms with Crippen molar-refractivity contribution in [2.45, 2.75) is 225 Å². The normalized spacial score (nSPS) is 14.7. The fourth-order valence-corrected chi connectivity index (χ4v) is 7.64. The molecule has 0 rings (SSSR count). The number of aliphatic hydroxyl groups is 1. The van der Waals surface area contributed by atoms with Gasteiger partial charge in [-0.2, -0.15) is 0 Å². The maximum Gasteiger partial charge on any atom is 0.268 e. The minimum absolute atomic E-state index is 0.0112. The zero-order valence-electron chi connectivity index (χ0n) is 40.4. The van der Waals surface area contributed by atoms with E-state index in [4.69, 9.17) is 9.05 Å². The van der Waals surface area contributed by atoms with Crippen molar-refractivity contribution < 1.29 is 32.9 Å². The summed E-state index contributed by atoms with van der Waals surface area (Å²) in [6.07, 6.45) is 57.0. The number of carbonyl (C=O) groups is 1. The Labute approximate surface area is 377 Å². The second-order valence-corrected chi connectivity index (χ2v) is 19.6. The van der Waals surface area contributed by atoms with Gasteiger partial charge in [-0.25, -0.2) is 0 Å². The van der Waals surface area contributed by atoms with E-state index in [1.165, 1.54) is 141 Å². The largest absolute Gasteiger partial charge is 0.756 e. The third kappa shape index (κ3) is 46.0. The van der Waals surface area contributed by atoms with Gasteiger partial charge in [0.25, 0.3) is 7.82 Å². The van der Waals surface area contributed by atoms with Crippen LogP contribution >= 0.6 is 7.82 Å². The number of hydrogen-bond donors (Lipinski definition) is 2. The molecule has 356 valence electrons. The second-order valence-electron chi connectivity index (χ2n) is 18.1. The number of rotatable bonds is 45. The zero-order chi connectivity index (χ0) is 45.0. The van der Waals surface area contributed by atoms with E-state index >= 15 is 0 Å². The number of hydrogen-bond acceptors (Lipinski definition) is 6. The van der Waals surface area contributed by atoms with Crippen LogP contribution in [0, 0.1) is 0 Å². The Hall–Kier alpha value is -1.80. The molecular weight excluding hydrogens is 780 g/mol. The first-order valence-corrected chi connectivity index (χ1v) is 26.6. The molecule has 3 atom stereocenters. The molecule has 3 unspecified atom stereocenters. The number of likely N-dealkylation sites (N-methyl/N-ethyl adjacent to an activating group) is 1. The Bertz CT molecular complexity index is 1180. The number of unbranched alkanes of at least 4 members (excludes halogenated alkanes) is 24. The van der Waals surface area contributed by atoms with Crippen molar-refractivity contribution in [2.24, 2.45) is 0 Å². The number of allylic oxidation sites excluding steroid dienone is 9. The van der Waals surface area contributed by atoms with Gasteiger partial charge in [0.15, 0.2) is 0 Å². The Morgan fingerprint density at radius 1 is 0.574 bits per heavy atom. The number of nitrogens with zero attached hydrogens (tertiary/aromatic N) is 1. The van der Waals surface area contributed by atoms with Gasteiger partial charge in [0, 0.05) is 6.42 Å². The molecule has 0 aromatic carbocycles. The van der Waals surface area contributed by atoms with Crippen LogP contribution in [0.15, 0.2) is 60.8 Å². The summed E-state index contributed by atoms with van der Waals surface area (Å²) < 4.78 is 23.2. The molecule has 0 fully saturated rings. The van der Waals surface area contributed by atoms with Gasteiger partial charge in [-0.3, -0.25) is 9.36 Å². The van der Waals surface area contributed by atoms with E-state index in [-0.39, 0.29) is 12.5 Å². The van der Waals surface area contributed by atoms with Crippen molar-refractivity contribution >= 4 is 13.7 Å². The van der Waals surface area contributed by atoms with Crippen molar-refractivity contribution in [2.75, 3.05) is 40.9 Å². The maximum atomic E-state index is 12.9. The molecule has 0 saturated heterocycles. The van der Waals surface area contributed by atoms with Crippen LogP contribution in [0.3, 0.4) is 0 Å². The van der Waals surface area contributed by atoms with Gasteiger partial charge >= 0.3 is 0 Å². The highest BCUT2D eigenvalue weighted by atomic mass is 31.2. The average Bonchev–Trinajstić information content (AvgIpc) is 3.21. The van der Waals surface area contributed by atoms with E-state index in [2.05, 4.69) is 67.8 Å². The van der Waals surface area contributed by atoms with Crippen LogP contribution in [-0.4, -0.2) is 68.5 Å². The fourth-order valence-electron chi connectivity index (χ4n) is 6.92. The third-order valence-corrected chi connectivity index (χ3v) is 11.9. The van der Waals surface area contributed by atoms with Crippen LogP contribution in [0.25, 0.3) is 0 Å². The summed E-state index contributed by atoms with van der Waals surface area (Å²) >= 11 is 0. The summed E-state index contributed by atoms with van der Waals surface area (Å²) in [5.41, 5.74) is 0. The molecular formula is C52H97N2O6P. The van der Waals surface area contributed by atoms with E-state index in [1.54, 1.807) is 6.08 Å². The van der Waals surface area contributed by atoms with Gasteiger partial charge in [0.1, 0.15) is 13.2 Å². The highest BCUT2D eigenvalue weighted by molar-refractivity contribution is 7.45. The lowest BCUT2D eigenvalue weighted by molar-refractivity contribution is -0.870. The highest BCUT2D eigenvalue weighted by Crippen LogP contribution is 2.38. The summed E-state index contributed by atoms with van der Waals surface area (Å²) in [7, 11) is 1.23. The molecule has 0 saturated carbocycles. The molecule has 8 nitrogen and oxygen atoms in total. The third-order valence-electron chi connectivity index (χ3n) is 10.9. The van der Waals surface area contributed by atoms with Crippen LogP contribution in [0.4, 0.5) is 0 Å². The van der Waals surface area contributed by atoms with E-state index in [1.807, 2.05) is 27.2 Å². The number of amides is 1. The average molecular weight is 877 g/mol. The quantitative estimate of drug-likeness (QED) is 0.0273. The Kier molecular flexibility index (Phi) is 42.2. The Morgan fingerprint density at radius 3 is 1.43 bits per heavy atom. The summed E-state index contributed by atoms with van der Waals surface area (Å²) in [6, 6.07) is -0.912. The summed E-state index contributed by atoms with van der Waals surface area (Å²) in [5, 5.41) is 13.8. The van der Waals surface area contributed by atoms with Gasteiger partial charge < -0.3 is 28.8 Å². The van der Waals surface area contributed by atoms with E-state index < -0.39 is 26.6 Å². The SMILES string of the molecule is CCCCCCC/C=C\C/C=C\CCCCCCCCCCCCCC(=O)NC(COP(=O)([O-])OCC[N+](C)(C)C)C(O)/C=C/CC/C=C/CC/C=C/CCCCCCCC. The maximum absolute atomic E-state index is 12.9. The number of phosphoric ester groups is 1. The van der Waals surface area contributed by atoms with Crippen LogP contribution in [-0.2, 0) is 18.4 Å². The number of quaternary nitrogens is 1. The lowest BCUT2D eigenvalue weighted by Gasteiger charge is -2.29. The van der Waals surface area contributed by atoms with Crippen molar-refractivity contribution in [3.05, 3.63) is 60.8 Å². The lowest BCUT2D eigenvalue weighted by Crippen LogP contribution is -2.45. The number of nitrogens with one attached hydrogen (secondary N) is 1. The molecule has 1 amide bonds. The second kappa shape index (κ2) is 43.5. The number of carbonyl (C=O) groups excluding carboxylic acids is 1. The molecule has 0 aliphatic heterocycles. The first kappa shape index (κ1) is 59.2. The van der Waals surface area contributed by atoms with Crippen molar-refractivity contribution in [3.63, 3.8) is 0 Å². The van der Waals surface area contributed by atoms with Gasteiger partial charge in [-0.15, -0.1) is 0 Å². The van der Waals surface area contributed by atoms with Crippen molar-refractivity contribution in [1.29, 1.82) is 0 Å². The topological polar surface area (TPSA) is 108 Å². The standard InChI is InChI=1S/C52H97N2O6P/c1-6-8-10-12-14-16-18-20-22-24-25-26-27-28-29-30-32-34-36-38-40-42-44-46-52(56)53-50(49-60-61(57,58)59-48-47-54(3,4)5)51(55)45-43-41-39-37-35-33-31-23-21-19-17-15-13-11-9-7-2/h18,20-21,23-25,35,37,43,45,50-51,55H,6-17,19,22,26-34,36,38-42,44,46-49H2,1-5H3,(H-,53,56,57,58)/b20-18-,23-21+,25-24-,37-35+,45-43+. The Balaban J connectivity index is 4.36. The van der Waals surface area contributed by atoms with E-state index in [0.717, 1.165) is 51.4 Å². The van der Waals surface area contributed by atoms with E-state index in [0.29, 0.717) is 17.4 Å². The first-order chi connectivity index (χ1) is 29.5. The minimum atomic E-state index is -4.61. The molecule has 0 spiro atoms. The first-order valence-electron chi connectivity index (χ1n) is 25.2. The monoisotopic (exact) mass is 877 g/mol. The van der Waals surface area contributed by atoms with Crippen LogP contribution in [0.1, 0.15) is 213 Å². The van der Waals surface area contributed by atoms with Gasteiger partial charge in [-0.1, -0.05) is 190 Å². The van der Waals surface area contributed by atoms with Gasteiger partial charge in [0.2, 0.25) is 5.91 Å². The predicted molar refractivity (Wildman–Crippen MR) is 261 cm³/mol. The summed E-state index contributed by atoms with van der Waals surface area (Å²) in [5.74, 6) is -0.215. The van der Waals surface area contributed by atoms with Crippen LogP contribution in [0.5, 0.6) is 0 Å². The molecule has 0 heterocycles. The smallest absolute Gasteiger partial charge is 0.268 e. The van der Waals surface area contributed by atoms with Gasteiger partial charge in [-0.05, 0) is 77.0 Å². The minimum Gasteiger partial charge on any atom is -0.756 e. The van der Waals surface area contributed by atoms with Gasteiger partial charge in [0.05, 0.1) is 39.9 Å². The molecule has 0 aliphatic carbocycles. The Morgan fingerprint density at radius 2 is 0.967 bits per heavy atom. The number of aliphatic hydroxyl groups excluding tert-OH is 1.